The van der Waals surface area contributed by atoms with Crippen LogP contribution in [0.15, 0.2) is 30.6 Å². The average Bonchev–Trinajstić information content (AvgIpc) is 2.66. The number of nitrogens with two attached hydrogens (primary N) is 1. The second-order valence-corrected chi connectivity index (χ2v) is 2.82. The van der Waals surface area contributed by atoms with E-state index in [-0.39, 0.29) is 5.69 Å². The second kappa shape index (κ2) is 3.37. The van der Waals surface area contributed by atoms with Crippen LogP contribution in [0, 0.1) is 10.1 Å². The highest BCUT2D eigenvalue weighted by Gasteiger charge is 2.10. The summed E-state index contributed by atoms with van der Waals surface area (Å²) in [4.78, 5) is 13.9. The maximum absolute atomic E-state index is 10.4. The first kappa shape index (κ1) is 9.13. The van der Waals surface area contributed by atoms with E-state index in [1.807, 2.05) is 0 Å². The summed E-state index contributed by atoms with van der Waals surface area (Å²) in [5.41, 5.74) is 5.39. The maximum atomic E-state index is 10.4. The molecule has 0 aliphatic heterocycles. The van der Waals surface area contributed by atoms with E-state index in [4.69, 9.17) is 5.73 Å². The van der Waals surface area contributed by atoms with Gasteiger partial charge in [-0.1, -0.05) is 6.07 Å². The number of aromatic nitrogens is 3. The van der Waals surface area contributed by atoms with E-state index in [0.29, 0.717) is 11.6 Å². The zero-order valence-electron chi connectivity index (χ0n) is 7.57. The summed E-state index contributed by atoms with van der Waals surface area (Å²) in [6.45, 7) is 0. The Balaban J connectivity index is 2.41. The molecule has 0 aliphatic rings. The van der Waals surface area contributed by atoms with Gasteiger partial charge in [0.05, 0.1) is 4.92 Å². The molecule has 0 aromatic carbocycles. The Labute approximate surface area is 84.3 Å². The minimum atomic E-state index is -0.518. The van der Waals surface area contributed by atoms with E-state index in [1.54, 1.807) is 18.2 Å². The topological polar surface area (TPSA) is 99.9 Å². The van der Waals surface area contributed by atoms with Crippen molar-refractivity contribution in [2.24, 2.45) is 0 Å². The third kappa shape index (κ3) is 1.75. The van der Waals surface area contributed by atoms with Crippen LogP contribution in [0.4, 0.5) is 11.5 Å². The second-order valence-electron chi connectivity index (χ2n) is 2.82. The molecule has 0 atom stereocenters. The van der Waals surface area contributed by atoms with Crippen LogP contribution in [0.2, 0.25) is 0 Å². The van der Waals surface area contributed by atoms with Gasteiger partial charge in [0.15, 0.2) is 5.82 Å². The highest BCUT2D eigenvalue weighted by Crippen LogP contribution is 2.12. The molecule has 7 heteroatoms. The van der Waals surface area contributed by atoms with Crippen molar-refractivity contribution in [1.82, 2.24) is 14.8 Å². The van der Waals surface area contributed by atoms with Crippen molar-refractivity contribution < 1.29 is 4.92 Å². The number of hydrogen-bond acceptors (Lipinski definition) is 5. The SMILES string of the molecule is Nc1cccc(-n2cc([N+](=O)[O-])cn2)n1. The first-order valence-electron chi connectivity index (χ1n) is 4.09. The van der Waals surface area contributed by atoms with E-state index >= 15 is 0 Å². The number of rotatable bonds is 2. The van der Waals surface area contributed by atoms with E-state index in [9.17, 15) is 10.1 Å². The van der Waals surface area contributed by atoms with Crippen LogP contribution < -0.4 is 5.73 Å². The molecule has 76 valence electrons. The molecular weight excluding hydrogens is 198 g/mol. The van der Waals surface area contributed by atoms with Gasteiger partial charge >= 0.3 is 5.69 Å². The van der Waals surface area contributed by atoms with Gasteiger partial charge in [0.2, 0.25) is 0 Å². The zero-order chi connectivity index (χ0) is 10.8. The van der Waals surface area contributed by atoms with Gasteiger partial charge in [-0.25, -0.2) is 9.67 Å². The number of nitrogen functional groups attached to an aromatic ring is 1. The Kier molecular flexibility index (Phi) is 2.05. The fourth-order valence-corrected chi connectivity index (χ4v) is 1.10. The predicted molar refractivity (Wildman–Crippen MR) is 52.4 cm³/mol. The van der Waals surface area contributed by atoms with Crippen LogP contribution in [0.25, 0.3) is 5.82 Å². The molecule has 2 heterocycles. The smallest absolute Gasteiger partial charge is 0.307 e. The lowest BCUT2D eigenvalue weighted by molar-refractivity contribution is -0.384. The van der Waals surface area contributed by atoms with Crippen molar-refractivity contribution in [2.75, 3.05) is 5.73 Å². The molecule has 2 aromatic rings. The largest absolute Gasteiger partial charge is 0.384 e. The number of nitrogens with zero attached hydrogens (tertiary/aromatic N) is 4. The predicted octanol–water partition coefficient (Wildman–Crippen LogP) is 0.758. The molecule has 2 aromatic heterocycles. The molecule has 0 unspecified atom stereocenters. The lowest BCUT2D eigenvalue weighted by atomic mass is 10.4. The summed E-state index contributed by atoms with van der Waals surface area (Å²) in [6.07, 6.45) is 2.44. The molecule has 0 aliphatic carbocycles. The monoisotopic (exact) mass is 205 g/mol. The highest BCUT2D eigenvalue weighted by molar-refractivity contribution is 5.36. The fraction of sp³-hybridized carbons (Fsp3) is 0. The summed E-state index contributed by atoms with van der Waals surface area (Å²) in [5, 5.41) is 14.2. The molecule has 2 rings (SSSR count). The van der Waals surface area contributed by atoms with E-state index in [0.717, 1.165) is 6.20 Å². The summed E-state index contributed by atoms with van der Waals surface area (Å²) in [6, 6.07) is 4.99. The van der Waals surface area contributed by atoms with Crippen LogP contribution in [0.3, 0.4) is 0 Å². The molecule has 0 bridgehead atoms. The summed E-state index contributed by atoms with van der Waals surface area (Å²) in [5.74, 6) is 0.786. The van der Waals surface area contributed by atoms with Crippen molar-refractivity contribution in [1.29, 1.82) is 0 Å². The fourth-order valence-electron chi connectivity index (χ4n) is 1.10. The van der Waals surface area contributed by atoms with E-state index < -0.39 is 4.92 Å². The maximum Gasteiger partial charge on any atom is 0.307 e. The van der Waals surface area contributed by atoms with E-state index in [2.05, 4.69) is 10.1 Å². The van der Waals surface area contributed by atoms with Gasteiger partial charge in [0, 0.05) is 0 Å². The molecule has 15 heavy (non-hydrogen) atoms. The van der Waals surface area contributed by atoms with Crippen molar-refractivity contribution >= 4 is 11.5 Å². The van der Waals surface area contributed by atoms with Crippen LogP contribution in [0.5, 0.6) is 0 Å². The Morgan fingerprint density at radius 1 is 1.47 bits per heavy atom. The highest BCUT2D eigenvalue weighted by atomic mass is 16.6. The standard InChI is InChI=1S/C8H7N5O2/c9-7-2-1-3-8(11-7)12-5-6(4-10-12)13(14)15/h1-5H,(H2,9,11). The van der Waals surface area contributed by atoms with Crippen molar-refractivity contribution in [3.05, 3.63) is 40.7 Å². The Morgan fingerprint density at radius 3 is 2.87 bits per heavy atom. The normalized spacial score (nSPS) is 10.1. The molecule has 0 amide bonds. The van der Waals surface area contributed by atoms with Crippen LogP contribution in [0.1, 0.15) is 0 Å². The van der Waals surface area contributed by atoms with Crippen molar-refractivity contribution in [3.63, 3.8) is 0 Å². The van der Waals surface area contributed by atoms with Gasteiger partial charge in [-0.15, -0.1) is 0 Å². The Hall–Kier alpha value is -2.44. The molecule has 0 saturated carbocycles. The minimum Gasteiger partial charge on any atom is -0.384 e. The first-order chi connectivity index (χ1) is 7.16. The Morgan fingerprint density at radius 2 is 2.27 bits per heavy atom. The van der Waals surface area contributed by atoms with E-state index in [1.165, 1.54) is 10.9 Å². The van der Waals surface area contributed by atoms with Gasteiger partial charge < -0.3 is 5.73 Å². The molecule has 0 radical (unpaired) electrons. The van der Waals surface area contributed by atoms with Crippen molar-refractivity contribution in [2.45, 2.75) is 0 Å². The molecule has 2 N–H and O–H groups in total. The Bertz CT molecular complexity index is 507. The third-order valence-electron chi connectivity index (χ3n) is 1.77. The molecular formula is C8H7N5O2. The lowest BCUT2D eigenvalue weighted by Gasteiger charge is -1.99. The van der Waals surface area contributed by atoms with Crippen LogP contribution >= 0.6 is 0 Å². The lowest BCUT2D eigenvalue weighted by Crippen LogP contribution is -2.00. The van der Waals surface area contributed by atoms with Gasteiger partial charge in [-0.2, -0.15) is 5.10 Å². The number of hydrogen-bond donors (Lipinski definition) is 1. The average molecular weight is 205 g/mol. The number of nitro groups is 1. The third-order valence-corrected chi connectivity index (χ3v) is 1.77. The number of anilines is 1. The molecule has 0 fully saturated rings. The van der Waals surface area contributed by atoms with Crippen molar-refractivity contribution in [3.8, 4) is 5.82 Å². The number of pyridine rings is 1. The summed E-state index contributed by atoms with van der Waals surface area (Å²) < 4.78 is 1.30. The summed E-state index contributed by atoms with van der Waals surface area (Å²) >= 11 is 0. The van der Waals surface area contributed by atoms with Gasteiger partial charge in [0.25, 0.3) is 0 Å². The summed E-state index contributed by atoms with van der Waals surface area (Å²) in [7, 11) is 0. The molecule has 0 saturated heterocycles. The molecule has 7 nitrogen and oxygen atoms in total. The van der Waals surface area contributed by atoms with Crippen LogP contribution in [-0.2, 0) is 0 Å². The first-order valence-corrected chi connectivity index (χ1v) is 4.09. The zero-order valence-corrected chi connectivity index (χ0v) is 7.57. The molecule has 0 spiro atoms. The van der Waals surface area contributed by atoms with Gasteiger partial charge in [-0.05, 0) is 12.1 Å². The minimum absolute atomic E-state index is 0.0841. The van der Waals surface area contributed by atoms with Gasteiger partial charge in [0.1, 0.15) is 18.2 Å². The van der Waals surface area contributed by atoms with Crippen LogP contribution in [-0.4, -0.2) is 19.7 Å². The van der Waals surface area contributed by atoms with Gasteiger partial charge in [-0.3, -0.25) is 10.1 Å². The quantitative estimate of drug-likeness (QED) is 0.576.